The Bertz CT molecular complexity index is 734. The summed E-state index contributed by atoms with van der Waals surface area (Å²) in [5, 5.41) is 9.11. The van der Waals surface area contributed by atoms with Gasteiger partial charge < -0.3 is 19.3 Å². The van der Waals surface area contributed by atoms with Crippen molar-refractivity contribution in [1.82, 2.24) is 0 Å². The summed E-state index contributed by atoms with van der Waals surface area (Å²) in [5.41, 5.74) is -1.11. The van der Waals surface area contributed by atoms with Crippen molar-refractivity contribution in [2.24, 2.45) is 11.8 Å². The van der Waals surface area contributed by atoms with E-state index in [1.807, 2.05) is 6.92 Å². The van der Waals surface area contributed by atoms with Gasteiger partial charge in [0, 0.05) is 24.0 Å². The van der Waals surface area contributed by atoms with Crippen LogP contribution in [0, 0.1) is 11.8 Å². The monoisotopic (exact) mass is 362 g/mol. The van der Waals surface area contributed by atoms with Crippen LogP contribution in [0.5, 0.6) is 0 Å². The number of aliphatic hydroxyl groups is 1. The van der Waals surface area contributed by atoms with E-state index in [0.717, 1.165) is 0 Å². The van der Waals surface area contributed by atoms with Crippen LogP contribution in [0.4, 0.5) is 0 Å². The number of ether oxygens (including phenoxy) is 3. The van der Waals surface area contributed by atoms with Gasteiger partial charge in [0.05, 0.1) is 18.1 Å². The molecule has 140 valence electrons. The van der Waals surface area contributed by atoms with Crippen molar-refractivity contribution in [3.8, 4) is 0 Å². The van der Waals surface area contributed by atoms with Gasteiger partial charge in [-0.15, -0.1) is 0 Å². The van der Waals surface area contributed by atoms with Gasteiger partial charge in [-0.3, -0.25) is 4.79 Å². The van der Waals surface area contributed by atoms with Crippen LogP contribution >= 0.6 is 0 Å². The minimum absolute atomic E-state index is 0.0415. The Labute approximate surface area is 151 Å². The normalized spacial score (nSPS) is 36.1. The van der Waals surface area contributed by atoms with Crippen LogP contribution in [0.25, 0.3) is 0 Å². The van der Waals surface area contributed by atoms with E-state index in [1.165, 1.54) is 6.08 Å². The Morgan fingerprint density at radius 3 is 2.81 bits per heavy atom. The fraction of sp³-hybridized carbons (Fsp3) is 0.526. The molecule has 0 spiro atoms. The number of carbonyl (C=O) groups is 3. The zero-order valence-electron chi connectivity index (χ0n) is 14.8. The number of hydrogen-bond acceptors (Lipinski definition) is 7. The maximum absolute atomic E-state index is 12.5. The van der Waals surface area contributed by atoms with E-state index in [1.54, 1.807) is 6.92 Å². The van der Waals surface area contributed by atoms with E-state index >= 15 is 0 Å². The fourth-order valence-corrected chi connectivity index (χ4v) is 3.69. The lowest BCUT2D eigenvalue weighted by molar-refractivity contribution is -0.154. The van der Waals surface area contributed by atoms with Crippen LogP contribution < -0.4 is 0 Å². The average molecular weight is 362 g/mol. The Hall–Kier alpha value is -2.41. The first-order valence-corrected chi connectivity index (χ1v) is 8.50. The van der Waals surface area contributed by atoms with E-state index in [4.69, 9.17) is 19.3 Å². The van der Waals surface area contributed by atoms with E-state index in [9.17, 15) is 14.4 Å². The third-order valence-electron chi connectivity index (χ3n) is 5.26. The third-order valence-corrected chi connectivity index (χ3v) is 5.26. The first-order chi connectivity index (χ1) is 12.2. The van der Waals surface area contributed by atoms with Crippen molar-refractivity contribution in [3.63, 3.8) is 0 Å². The van der Waals surface area contributed by atoms with Gasteiger partial charge in [0.2, 0.25) is 5.78 Å². The Balaban J connectivity index is 1.99. The second-order valence-corrected chi connectivity index (χ2v) is 7.28. The van der Waals surface area contributed by atoms with Gasteiger partial charge in [0.15, 0.2) is 5.60 Å². The number of carbonyl (C=O) groups excluding carboxylic acids is 3. The summed E-state index contributed by atoms with van der Waals surface area (Å²) in [7, 11) is 0. The molecule has 0 aromatic rings. The van der Waals surface area contributed by atoms with E-state index in [0.29, 0.717) is 12.2 Å². The molecular formula is C19H22O7. The lowest BCUT2D eigenvalue weighted by Gasteiger charge is -2.31. The minimum Gasteiger partial charge on any atom is -0.483 e. The SMILES string of the molecule is C=C(CO)C(=O)O[C@H]1C[C@@]2(C)OC(=CC2=O)[C@@H](C)C[C@H]2OC(=O)C(=C)[C@H]12. The topological polar surface area (TPSA) is 99.1 Å². The molecule has 0 aromatic heterocycles. The molecule has 2 saturated heterocycles. The van der Waals surface area contributed by atoms with Crippen LogP contribution in [0.1, 0.15) is 26.7 Å². The molecule has 3 rings (SSSR count). The quantitative estimate of drug-likeness (QED) is 0.595. The Morgan fingerprint density at radius 1 is 1.46 bits per heavy atom. The maximum Gasteiger partial charge on any atom is 0.336 e. The van der Waals surface area contributed by atoms with Crippen LogP contribution in [-0.4, -0.2) is 47.2 Å². The summed E-state index contributed by atoms with van der Waals surface area (Å²) >= 11 is 0. The highest BCUT2D eigenvalue weighted by molar-refractivity contribution is 5.99. The fourth-order valence-electron chi connectivity index (χ4n) is 3.69. The highest BCUT2D eigenvalue weighted by atomic mass is 16.6. The molecule has 2 bridgehead atoms. The van der Waals surface area contributed by atoms with Crippen molar-refractivity contribution in [2.75, 3.05) is 6.61 Å². The van der Waals surface area contributed by atoms with Gasteiger partial charge >= 0.3 is 11.9 Å². The largest absolute Gasteiger partial charge is 0.483 e. The molecule has 0 saturated carbocycles. The molecular weight excluding hydrogens is 340 g/mol. The molecule has 5 atom stereocenters. The zero-order valence-corrected chi connectivity index (χ0v) is 14.8. The average Bonchev–Trinajstić information content (AvgIpc) is 3.03. The number of fused-ring (bicyclic) bond motifs is 3. The lowest BCUT2D eigenvalue weighted by Crippen LogP contribution is -2.43. The summed E-state index contributed by atoms with van der Waals surface area (Å²) in [5.74, 6) is -1.74. The van der Waals surface area contributed by atoms with Crippen molar-refractivity contribution in [1.29, 1.82) is 0 Å². The summed E-state index contributed by atoms with van der Waals surface area (Å²) in [6, 6.07) is 0. The predicted octanol–water partition coefficient (Wildman–Crippen LogP) is 1.22. The molecule has 2 fully saturated rings. The van der Waals surface area contributed by atoms with Gasteiger partial charge in [0.25, 0.3) is 0 Å². The summed E-state index contributed by atoms with van der Waals surface area (Å²) in [4.78, 5) is 36.7. The second-order valence-electron chi connectivity index (χ2n) is 7.28. The third kappa shape index (κ3) is 2.96. The number of aliphatic hydroxyl groups excluding tert-OH is 1. The summed E-state index contributed by atoms with van der Waals surface area (Å²) in [6.07, 6.45) is 0.510. The summed E-state index contributed by atoms with van der Waals surface area (Å²) < 4.78 is 16.9. The smallest absolute Gasteiger partial charge is 0.336 e. The van der Waals surface area contributed by atoms with Gasteiger partial charge in [0.1, 0.15) is 18.0 Å². The predicted molar refractivity (Wildman–Crippen MR) is 89.6 cm³/mol. The first-order valence-electron chi connectivity index (χ1n) is 8.50. The molecule has 1 N–H and O–H groups in total. The van der Waals surface area contributed by atoms with Gasteiger partial charge in [-0.1, -0.05) is 20.1 Å². The molecule has 3 heterocycles. The molecule has 7 heteroatoms. The molecule has 0 aromatic carbocycles. The maximum atomic E-state index is 12.5. The lowest BCUT2D eigenvalue weighted by atomic mass is 9.80. The molecule has 0 aliphatic carbocycles. The minimum atomic E-state index is -1.20. The Morgan fingerprint density at radius 2 is 2.15 bits per heavy atom. The van der Waals surface area contributed by atoms with Gasteiger partial charge in [-0.25, -0.2) is 9.59 Å². The molecule has 0 amide bonds. The van der Waals surface area contributed by atoms with Crippen molar-refractivity contribution in [3.05, 3.63) is 36.1 Å². The second kappa shape index (κ2) is 6.39. The first kappa shape index (κ1) is 18.4. The van der Waals surface area contributed by atoms with Crippen molar-refractivity contribution in [2.45, 2.75) is 44.5 Å². The van der Waals surface area contributed by atoms with Gasteiger partial charge in [-0.05, 0) is 13.3 Å². The van der Waals surface area contributed by atoms with Crippen LogP contribution in [0.2, 0.25) is 0 Å². The van der Waals surface area contributed by atoms with Crippen molar-refractivity contribution >= 4 is 17.7 Å². The van der Waals surface area contributed by atoms with Crippen LogP contribution in [0.3, 0.4) is 0 Å². The van der Waals surface area contributed by atoms with Crippen LogP contribution in [-0.2, 0) is 28.6 Å². The van der Waals surface area contributed by atoms with Crippen molar-refractivity contribution < 1.29 is 33.7 Å². The van der Waals surface area contributed by atoms with E-state index in [2.05, 4.69) is 13.2 Å². The number of ketones is 1. The van der Waals surface area contributed by atoms with E-state index in [-0.39, 0.29) is 29.3 Å². The molecule has 0 unspecified atom stereocenters. The summed E-state index contributed by atoms with van der Waals surface area (Å²) in [6.45, 7) is 10.2. The molecule has 26 heavy (non-hydrogen) atoms. The number of allylic oxidation sites excluding steroid dienone is 1. The number of rotatable bonds is 3. The number of hydrogen-bond donors (Lipinski definition) is 1. The molecule has 3 aliphatic heterocycles. The number of esters is 2. The molecule has 3 aliphatic rings. The highest BCUT2D eigenvalue weighted by Crippen LogP contribution is 2.44. The Kier molecular flexibility index (Phi) is 4.52. The van der Waals surface area contributed by atoms with E-state index < -0.39 is 42.3 Å². The standard InChI is InChI=1S/C19H22O7/c1-9-5-13-16(11(3)18(23)24-13)14(25-17(22)10(2)8-20)7-19(4)15(21)6-12(9)26-19/h6,9,13-14,16,20H,2-3,5,7-8H2,1,4H3/t9-,13+,14-,16-,19+/m0/s1. The molecule has 0 radical (unpaired) electrons. The zero-order chi connectivity index (χ0) is 19.2. The molecule has 7 nitrogen and oxygen atoms in total. The van der Waals surface area contributed by atoms with Gasteiger partial charge in [-0.2, -0.15) is 0 Å². The highest BCUT2D eigenvalue weighted by Gasteiger charge is 2.53. The van der Waals surface area contributed by atoms with Crippen LogP contribution in [0.15, 0.2) is 36.1 Å².